The molecular formula is C16H24N4O5. The van der Waals surface area contributed by atoms with Crippen molar-refractivity contribution in [3.8, 4) is 0 Å². The average molecular weight is 352 g/mol. The van der Waals surface area contributed by atoms with Crippen LogP contribution in [0.3, 0.4) is 0 Å². The van der Waals surface area contributed by atoms with E-state index in [0.29, 0.717) is 36.9 Å². The summed E-state index contributed by atoms with van der Waals surface area (Å²) in [4.78, 5) is 21.7. The van der Waals surface area contributed by atoms with Crippen LogP contribution in [0.15, 0.2) is 11.3 Å². The number of unbranched alkanes of at least 4 members (excludes halogenated alkanes) is 1. The number of carbonyl (C=O) groups is 1. The number of hydrogen-bond acceptors (Lipinski definition) is 8. The van der Waals surface area contributed by atoms with Gasteiger partial charge in [0.1, 0.15) is 12.9 Å². The first-order valence-electron chi connectivity index (χ1n) is 8.52. The van der Waals surface area contributed by atoms with Crippen molar-refractivity contribution in [2.75, 3.05) is 26.9 Å². The van der Waals surface area contributed by atoms with Gasteiger partial charge in [0.25, 0.3) is 0 Å². The zero-order valence-corrected chi connectivity index (χ0v) is 14.3. The molecule has 1 aromatic heterocycles. The lowest BCUT2D eigenvalue weighted by Crippen LogP contribution is -2.44. The van der Waals surface area contributed by atoms with E-state index in [4.69, 9.17) is 4.74 Å². The Labute approximate surface area is 145 Å². The number of nitrogens with zero attached hydrogens (tertiary/aromatic N) is 4. The maximum Gasteiger partial charge on any atom is 0.305 e. The second kappa shape index (κ2) is 7.83. The van der Waals surface area contributed by atoms with E-state index < -0.39 is 0 Å². The third kappa shape index (κ3) is 3.77. The van der Waals surface area contributed by atoms with Crippen molar-refractivity contribution in [3.63, 3.8) is 0 Å². The Hall–Kier alpha value is -2.13. The van der Waals surface area contributed by atoms with Crippen molar-refractivity contribution in [2.45, 2.75) is 44.4 Å². The van der Waals surface area contributed by atoms with E-state index >= 15 is 0 Å². The fourth-order valence-corrected chi connectivity index (χ4v) is 3.13. The molecule has 0 unspecified atom stereocenters. The van der Waals surface area contributed by atoms with Gasteiger partial charge in [-0.25, -0.2) is 9.98 Å². The van der Waals surface area contributed by atoms with E-state index in [0.717, 1.165) is 19.3 Å². The van der Waals surface area contributed by atoms with Crippen LogP contribution in [0, 0.1) is 0 Å². The molecule has 2 aliphatic heterocycles. The zero-order chi connectivity index (χ0) is 17.8. The minimum atomic E-state index is -0.227. The number of hydrogen-bond donors (Lipinski definition) is 2. The van der Waals surface area contributed by atoms with Crippen molar-refractivity contribution < 1.29 is 24.5 Å². The Morgan fingerprint density at radius 2 is 2.28 bits per heavy atom. The third-order valence-corrected chi connectivity index (χ3v) is 4.56. The van der Waals surface area contributed by atoms with Gasteiger partial charge >= 0.3 is 5.97 Å². The largest absolute Gasteiger partial charge is 0.493 e. The summed E-state index contributed by atoms with van der Waals surface area (Å²) in [6.45, 7) is 0.922. The van der Waals surface area contributed by atoms with E-state index in [1.807, 2.05) is 4.57 Å². The number of methoxy groups -OCH3 is 1. The number of aliphatic hydroxyl groups is 2. The summed E-state index contributed by atoms with van der Waals surface area (Å²) in [6, 6.07) is 0. The molecule has 138 valence electrons. The number of imidazole rings is 1. The standard InChI is InChI=1S/C16H24N4O5/c1-24-13(22)4-2-3-7-19-9-18-15-14(16(19)23)17-10-20(15)12-6-5-11(8-21)25-12/h10-12,21,23H,2-9H2,1H3/t11-,12+/m0/s1. The summed E-state index contributed by atoms with van der Waals surface area (Å²) in [5.74, 6) is -0.131. The Morgan fingerprint density at radius 1 is 1.44 bits per heavy atom. The second-order valence-electron chi connectivity index (χ2n) is 6.22. The molecule has 2 aliphatic rings. The van der Waals surface area contributed by atoms with Gasteiger partial charge in [0.15, 0.2) is 10.8 Å². The van der Waals surface area contributed by atoms with Crippen LogP contribution in [0.1, 0.15) is 38.3 Å². The van der Waals surface area contributed by atoms with E-state index in [2.05, 4.69) is 14.7 Å². The highest BCUT2D eigenvalue weighted by Crippen LogP contribution is 2.26. The summed E-state index contributed by atoms with van der Waals surface area (Å²) < 4.78 is 12.2. The van der Waals surface area contributed by atoms with Gasteiger partial charge in [0.2, 0.25) is 5.88 Å². The highest BCUT2D eigenvalue weighted by Gasteiger charge is 2.28. The third-order valence-electron chi connectivity index (χ3n) is 4.56. The van der Waals surface area contributed by atoms with Crippen LogP contribution in [0.5, 0.6) is 0 Å². The van der Waals surface area contributed by atoms with Crippen LogP contribution >= 0.6 is 0 Å². The first-order chi connectivity index (χ1) is 12.1. The van der Waals surface area contributed by atoms with Crippen molar-refractivity contribution >= 4 is 11.9 Å². The number of fused-ring (bicyclic) bond motifs is 1. The van der Waals surface area contributed by atoms with Gasteiger partial charge in [0, 0.05) is 13.0 Å². The van der Waals surface area contributed by atoms with Gasteiger partial charge < -0.3 is 24.6 Å². The van der Waals surface area contributed by atoms with E-state index in [1.54, 1.807) is 11.2 Å². The van der Waals surface area contributed by atoms with Crippen molar-refractivity contribution in [1.29, 1.82) is 0 Å². The SMILES string of the molecule is COC(=O)CCCCN1CN=c2c(ncn2[C@H]2CC[C@@H](CO)O2)=C1O. The van der Waals surface area contributed by atoms with Gasteiger partial charge in [-0.15, -0.1) is 0 Å². The van der Waals surface area contributed by atoms with Crippen LogP contribution < -0.4 is 10.8 Å². The molecule has 0 bridgehead atoms. The Balaban J connectivity index is 1.66. The maximum absolute atomic E-state index is 11.1. The quantitative estimate of drug-likeness (QED) is 0.499. The minimum absolute atomic E-state index is 0.00125. The molecule has 25 heavy (non-hydrogen) atoms. The van der Waals surface area contributed by atoms with Crippen LogP contribution in [-0.2, 0) is 14.3 Å². The van der Waals surface area contributed by atoms with Gasteiger partial charge in [-0.3, -0.25) is 9.36 Å². The van der Waals surface area contributed by atoms with Crippen LogP contribution in [0.4, 0.5) is 0 Å². The maximum atomic E-state index is 11.1. The Bertz CT molecular complexity index is 731. The summed E-state index contributed by atoms with van der Waals surface area (Å²) in [5.41, 5.74) is 0.604. The summed E-state index contributed by atoms with van der Waals surface area (Å²) in [6.07, 6.45) is 4.62. The number of esters is 1. The predicted octanol–water partition coefficient (Wildman–Crippen LogP) is -0.587. The second-order valence-corrected chi connectivity index (χ2v) is 6.22. The molecule has 0 radical (unpaired) electrons. The Kier molecular flexibility index (Phi) is 5.54. The normalized spacial score (nSPS) is 22.6. The first-order valence-corrected chi connectivity index (χ1v) is 8.52. The van der Waals surface area contributed by atoms with Crippen molar-refractivity contribution in [3.05, 3.63) is 17.2 Å². The van der Waals surface area contributed by atoms with Gasteiger partial charge in [0.05, 0.1) is 26.1 Å². The number of ether oxygens (including phenoxy) is 2. The lowest BCUT2D eigenvalue weighted by atomic mass is 10.2. The first kappa shape index (κ1) is 17.7. The van der Waals surface area contributed by atoms with Gasteiger partial charge in [-0.1, -0.05) is 0 Å². The average Bonchev–Trinajstić information content (AvgIpc) is 3.26. The van der Waals surface area contributed by atoms with Crippen molar-refractivity contribution in [1.82, 2.24) is 14.5 Å². The molecule has 0 saturated carbocycles. The lowest BCUT2D eigenvalue weighted by Gasteiger charge is -2.23. The Morgan fingerprint density at radius 3 is 3.00 bits per heavy atom. The molecule has 3 rings (SSSR count). The molecule has 2 N–H and O–H groups in total. The van der Waals surface area contributed by atoms with E-state index in [-0.39, 0.29) is 30.8 Å². The van der Waals surface area contributed by atoms with E-state index in [9.17, 15) is 15.0 Å². The fourth-order valence-electron chi connectivity index (χ4n) is 3.13. The van der Waals surface area contributed by atoms with Crippen LogP contribution in [0.2, 0.25) is 0 Å². The number of carbonyl (C=O) groups excluding carboxylic acids is 1. The van der Waals surface area contributed by atoms with Gasteiger partial charge in [-0.2, -0.15) is 0 Å². The topological polar surface area (TPSA) is 109 Å². The van der Waals surface area contributed by atoms with Crippen LogP contribution in [0.25, 0.3) is 5.88 Å². The zero-order valence-electron chi connectivity index (χ0n) is 14.3. The molecule has 9 nitrogen and oxygen atoms in total. The smallest absolute Gasteiger partial charge is 0.305 e. The molecular weight excluding hydrogens is 328 g/mol. The summed E-state index contributed by atoms with van der Waals surface area (Å²) in [5, 5.41) is 20.1. The number of rotatable bonds is 7. The fraction of sp³-hybridized carbons (Fsp3) is 0.688. The van der Waals surface area contributed by atoms with Gasteiger partial charge in [-0.05, 0) is 25.7 Å². The molecule has 1 saturated heterocycles. The van der Waals surface area contributed by atoms with E-state index in [1.165, 1.54) is 7.11 Å². The molecule has 0 spiro atoms. The number of aromatic nitrogens is 2. The van der Waals surface area contributed by atoms with Crippen molar-refractivity contribution in [2.24, 2.45) is 4.99 Å². The summed E-state index contributed by atoms with van der Waals surface area (Å²) >= 11 is 0. The lowest BCUT2D eigenvalue weighted by molar-refractivity contribution is -0.140. The molecule has 3 heterocycles. The molecule has 1 aromatic rings. The molecule has 2 atom stereocenters. The highest BCUT2D eigenvalue weighted by molar-refractivity contribution is 5.68. The highest BCUT2D eigenvalue weighted by atomic mass is 16.5. The van der Waals surface area contributed by atoms with Crippen LogP contribution in [-0.4, -0.2) is 63.7 Å². The monoisotopic (exact) mass is 352 g/mol. The summed E-state index contributed by atoms with van der Waals surface area (Å²) in [7, 11) is 1.38. The molecule has 9 heteroatoms. The molecule has 0 amide bonds. The minimum Gasteiger partial charge on any atom is -0.493 e. The molecule has 0 aliphatic carbocycles. The molecule has 0 aromatic carbocycles. The number of aliphatic hydroxyl groups excluding tert-OH is 2. The predicted molar refractivity (Wildman–Crippen MR) is 86.7 cm³/mol. The molecule has 1 fully saturated rings.